The van der Waals surface area contributed by atoms with Crippen molar-refractivity contribution < 1.29 is 4.79 Å². The first-order valence-electron chi connectivity index (χ1n) is 8.64. The van der Waals surface area contributed by atoms with Gasteiger partial charge in [-0.1, -0.05) is 29.3 Å². The summed E-state index contributed by atoms with van der Waals surface area (Å²) >= 11 is 13.7. The molecule has 1 amide bonds. The Morgan fingerprint density at radius 3 is 2.56 bits per heavy atom. The smallest absolute Gasteiger partial charge is 0.232 e. The molecule has 2 fully saturated rings. The number of piperidine rings is 1. The Labute approximate surface area is 170 Å². The second-order valence-corrected chi connectivity index (χ2v) is 8.56. The number of rotatable bonds is 7. The normalized spacial score (nSPS) is 18.1. The molecule has 1 aromatic carbocycles. The van der Waals surface area contributed by atoms with E-state index in [0.29, 0.717) is 21.8 Å². The highest BCUT2D eigenvalue weighted by Gasteiger charge is 2.25. The molecule has 0 spiro atoms. The quantitative estimate of drug-likeness (QED) is 0.693. The van der Waals surface area contributed by atoms with Crippen molar-refractivity contribution in [3.63, 3.8) is 0 Å². The molecule has 2 aliphatic rings. The van der Waals surface area contributed by atoms with Crippen molar-refractivity contribution in [1.29, 1.82) is 0 Å². The zero-order chi connectivity index (χ0) is 16.9. The van der Waals surface area contributed by atoms with Crippen LogP contribution in [0.5, 0.6) is 0 Å². The van der Waals surface area contributed by atoms with Gasteiger partial charge in [-0.2, -0.15) is 0 Å². The molecule has 25 heavy (non-hydrogen) atoms. The minimum absolute atomic E-state index is 0. The number of nitrogens with zero attached hydrogens (tertiary/aromatic N) is 1. The summed E-state index contributed by atoms with van der Waals surface area (Å²) < 4.78 is 0. The zero-order valence-electron chi connectivity index (χ0n) is 14.2. The van der Waals surface area contributed by atoms with Crippen LogP contribution in [0.4, 0.5) is 0 Å². The number of carbonyl (C=O) groups is 1. The summed E-state index contributed by atoms with van der Waals surface area (Å²) in [5.41, 5.74) is 1.03. The van der Waals surface area contributed by atoms with Crippen molar-refractivity contribution >= 4 is 53.3 Å². The van der Waals surface area contributed by atoms with E-state index < -0.39 is 0 Å². The molecular weight excluding hydrogens is 399 g/mol. The van der Waals surface area contributed by atoms with Gasteiger partial charge in [-0.3, -0.25) is 4.79 Å². The van der Waals surface area contributed by atoms with Crippen LogP contribution in [0, 0.1) is 5.92 Å². The molecule has 1 aromatic rings. The highest BCUT2D eigenvalue weighted by atomic mass is 35.5. The van der Waals surface area contributed by atoms with E-state index in [0.717, 1.165) is 49.7 Å². The van der Waals surface area contributed by atoms with Gasteiger partial charge in [0, 0.05) is 34.9 Å². The number of amides is 1. The summed E-state index contributed by atoms with van der Waals surface area (Å²) in [5, 5.41) is 4.96. The summed E-state index contributed by atoms with van der Waals surface area (Å²) in [5.74, 6) is 2.41. The summed E-state index contributed by atoms with van der Waals surface area (Å²) in [7, 11) is 0. The van der Waals surface area contributed by atoms with Crippen molar-refractivity contribution in [3.8, 4) is 0 Å². The Morgan fingerprint density at radius 2 is 1.92 bits per heavy atom. The van der Waals surface area contributed by atoms with Crippen molar-refractivity contribution in [2.45, 2.75) is 37.5 Å². The molecule has 1 saturated heterocycles. The van der Waals surface area contributed by atoms with Crippen LogP contribution >= 0.6 is 47.4 Å². The number of hydrogen-bond acceptors (Lipinski definition) is 3. The van der Waals surface area contributed by atoms with E-state index >= 15 is 0 Å². The standard InChI is InChI=1S/C18H24Cl2N2OS.ClH/c19-15-4-3-14(17(20)9-15)11-24-12-18(23)22-7-5-16(6-8-22)21-10-13-1-2-13;/h3-4,9,13,16,21H,1-2,5-8,10-12H2;1H. The number of nitrogens with one attached hydrogen (secondary N) is 1. The fourth-order valence-electron chi connectivity index (χ4n) is 2.97. The average molecular weight is 424 g/mol. The fraction of sp³-hybridized carbons (Fsp3) is 0.611. The van der Waals surface area contributed by atoms with E-state index in [9.17, 15) is 4.79 Å². The summed E-state index contributed by atoms with van der Waals surface area (Å²) in [6, 6.07) is 6.11. The van der Waals surface area contributed by atoms with Crippen LogP contribution < -0.4 is 5.32 Å². The van der Waals surface area contributed by atoms with Crippen molar-refractivity contribution in [3.05, 3.63) is 33.8 Å². The minimum Gasteiger partial charge on any atom is -0.342 e. The van der Waals surface area contributed by atoms with Crippen LogP contribution in [0.1, 0.15) is 31.2 Å². The Morgan fingerprint density at radius 1 is 1.20 bits per heavy atom. The lowest BCUT2D eigenvalue weighted by molar-refractivity contribution is -0.129. The molecule has 3 nitrogen and oxygen atoms in total. The SMILES string of the molecule is Cl.O=C(CSCc1ccc(Cl)cc1Cl)N1CCC(NCC2CC2)CC1. The van der Waals surface area contributed by atoms with Crippen LogP contribution in [-0.4, -0.2) is 42.2 Å². The maximum atomic E-state index is 12.3. The molecule has 0 unspecified atom stereocenters. The van der Waals surface area contributed by atoms with Gasteiger partial charge in [-0.15, -0.1) is 24.2 Å². The van der Waals surface area contributed by atoms with E-state index in [1.165, 1.54) is 12.8 Å². The van der Waals surface area contributed by atoms with Crippen LogP contribution in [0.15, 0.2) is 18.2 Å². The van der Waals surface area contributed by atoms with Gasteiger partial charge in [0.1, 0.15) is 0 Å². The molecule has 140 valence electrons. The molecule has 0 bridgehead atoms. The number of hydrogen-bond donors (Lipinski definition) is 1. The predicted molar refractivity (Wildman–Crippen MR) is 110 cm³/mol. The zero-order valence-corrected chi connectivity index (χ0v) is 17.3. The Kier molecular flexibility index (Phi) is 8.70. The topological polar surface area (TPSA) is 32.3 Å². The molecule has 1 heterocycles. The van der Waals surface area contributed by atoms with Crippen molar-refractivity contribution in [2.24, 2.45) is 5.92 Å². The monoisotopic (exact) mass is 422 g/mol. The number of halogens is 3. The molecule has 1 aliphatic heterocycles. The van der Waals surface area contributed by atoms with E-state index in [2.05, 4.69) is 5.32 Å². The number of likely N-dealkylation sites (tertiary alicyclic amines) is 1. The molecule has 1 aliphatic carbocycles. The highest BCUT2D eigenvalue weighted by molar-refractivity contribution is 7.99. The summed E-state index contributed by atoms with van der Waals surface area (Å²) in [6.07, 6.45) is 4.93. The third-order valence-electron chi connectivity index (χ3n) is 4.74. The first kappa shape index (κ1) is 21.2. The van der Waals surface area contributed by atoms with Gasteiger partial charge in [0.2, 0.25) is 5.91 Å². The van der Waals surface area contributed by atoms with Crippen LogP contribution in [0.25, 0.3) is 0 Å². The third kappa shape index (κ3) is 6.84. The molecule has 3 rings (SSSR count). The minimum atomic E-state index is 0. The van der Waals surface area contributed by atoms with Gasteiger partial charge in [-0.25, -0.2) is 0 Å². The van der Waals surface area contributed by atoms with E-state index in [1.54, 1.807) is 17.8 Å². The molecule has 0 aromatic heterocycles. The van der Waals surface area contributed by atoms with E-state index in [4.69, 9.17) is 23.2 Å². The average Bonchev–Trinajstić information content (AvgIpc) is 3.40. The molecule has 0 radical (unpaired) electrons. The Bertz CT molecular complexity index is 575. The third-order valence-corrected chi connectivity index (χ3v) is 6.29. The molecular formula is C18H25Cl3N2OS. The van der Waals surface area contributed by atoms with Gasteiger partial charge < -0.3 is 10.2 Å². The van der Waals surface area contributed by atoms with Gasteiger partial charge in [0.25, 0.3) is 0 Å². The lowest BCUT2D eigenvalue weighted by atomic mass is 10.0. The summed E-state index contributed by atoms with van der Waals surface area (Å²) in [4.78, 5) is 14.3. The second-order valence-electron chi connectivity index (χ2n) is 6.74. The van der Waals surface area contributed by atoms with E-state index in [1.807, 2.05) is 17.0 Å². The maximum Gasteiger partial charge on any atom is 0.232 e. The Balaban J connectivity index is 0.00000225. The first-order valence-corrected chi connectivity index (χ1v) is 10.6. The molecule has 1 N–H and O–H groups in total. The van der Waals surface area contributed by atoms with Gasteiger partial charge >= 0.3 is 0 Å². The largest absolute Gasteiger partial charge is 0.342 e. The van der Waals surface area contributed by atoms with Crippen LogP contribution in [0.2, 0.25) is 10.0 Å². The van der Waals surface area contributed by atoms with Crippen LogP contribution in [0.3, 0.4) is 0 Å². The second kappa shape index (κ2) is 10.3. The Hall–Kier alpha value is -0.130. The fourth-order valence-corrected chi connectivity index (χ4v) is 4.45. The van der Waals surface area contributed by atoms with E-state index in [-0.39, 0.29) is 18.3 Å². The van der Waals surface area contributed by atoms with Crippen molar-refractivity contribution in [2.75, 3.05) is 25.4 Å². The van der Waals surface area contributed by atoms with Crippen molar-refractivity contribution in [1.82, 2.24) is 10.2 Å². The lowest BCUT2D eigenvalue weighted by Crippen LogP contribution is -2.45. The van der Waals surface area contributed by atoms with Gasteiger partial charge in [-0.05, 0) is 55.8 Å². The maximum absolute atomic E-state index is 12.3. The molecule has 7 heteroatoms. The number of benzene rings is 1. The predicted octanol–water partition coefficient (Wildman–Crippen LogP) is 4.64. The van der Waals surface area contributed by atoms with Crippen LogP contribution in [-0.2, 0) is 10.5 Å². The highest BCUT2D eigenvalue weighted by Crippen LogP contribution is 2.28. The molecule has 0 atom stereocenters. The first-order chi connectivity index (χ1) is 11.6. The van der Waals surface area contributed by atoms with Gasteiger partial charge in [0.15, 0.2) is 0 Å². The number of thioether (sulfide) groups is 1. The van der Waals surface area contributed by atoms with Gasteiger partial charge in [0.05, 0.1) is 5.75 Å². The molecule has 1 saturated carbocycles. The number of carbonyl (C=O) groups excluding carboxylic acids is 1. The summed E-state index contributed by atoms with van der Waals surface area (Å²) in [6.45, 7) is 2.92. The lowest BCUT2D eigenvalue weighted by Gasteiger charge is -2.32.